The Labute approximate surface area is 119 Å². The number of hydrogen-bond donors (Lipinski definition) is 2. The van der Waals surface area contributed by atoms with Crippen LogP contribution in [0.2, 0.25) is 0 Å². The fourth-order valence-corrected chi connectivity index (χ4v) is 1.80. The molecular formula is C15H12F2O4. The average Bonchev–Trinajstić information content (AvgIpc) is 2.36. The van der Waals surface area contributed by atoms with E-state index in [2.05, 4.69) is 0 Å². The van der Waals surface area contributed by atoms with Gasteiger partial charge in [-0.3, -0.25) is 4.79 Å². The smallest absolute Gasteiger partial charge is 0.203 e. The van der Waals surface area contributed by atoms with Gasteiger partial charge in [0.1, 0.15) is 11.5 Å². The van der Waals surface area contributed by atoms with Gasteiger partial charge in [-0.15, -0.1) is 0 Å². The van der Waals surface area contributed by atoms with E-state index in [0.29, 0.717) is 5.56 Å². The van der Waals surface area contributed by atoms with E-state index in [9.17, 15) is 18.7 Å². The molecule has 0 aliphatic carbocycles. The number of aromatic hydroxyl groups is 2. The van der Waals surface area contributed by atoms with Crippen molar-refractivity contribution in [2.24, 2.45) is 0 Å². The molecule has 0 unspecified atom stereocenters. The zero-order valence-electron chi connectivity index (χ0n) is 11.1. The van der Waals surface area contributed by atoms with Gasteiger partial charge in [-0.1, -0.05) is 0 Å². The summed E-state index contributed by atoms with van der Waals surface area (Å²) in [6.45, 7) is 0.880. The van der Waals surface area contributed by atoms with Crippen LogP contribution in [0.25, 0.3) is 0 Å². The topological polar surface area (TPSA) is 66.8 Å². The van der Waals surface area contributed by atoms with E-state index >= 15 is 0 Å². The lowest BCUT2D eigenvalue weighted by Gasteiger charge is -2.09. The molecule has 0 fully saturated rings. The van der Waals surface area contributed by atoms with Gasteiger partial charge in [0.25, 0.3) is 0 Å². The van der Waals surface area contributed by atoms with Gasteiger partial charge in [0, 0.05) is 6.07 Å². The first-order chi connectivity index (χ1) is 9.88. The van der Waals surface area contributed by atoms with Crippen LogP contribution in [0.3, 0.4) is 0 Å². The Morgan fingerprint density at radius 1 is 1.14 bits per heavy atom. The second-order valence-electron chi connectivity index (χ2n) is 4.47. The number of ketones is 1. The van der Waals surface area contributed by atoms with Crippen molar-refractivity contribution in [2.75, 3.05) is 6.61 Å². The number of carbonyl (C=O) groups excluding carboxylic acids is 1. The van der Waals surface area contributed by atoms with Gasteiger partial charge in [-0.25, -0.2) is 8.78 Å². The number of phenols is 2. The first-order valence-corrected chi connectivity index (χ1v) is 6.02. The highest BCUT2D eigenvalue weighted by atomic mass is 19.1. The van der Waals surface area contributed by atoms with Crippen molar-refractivity contribution in [3.05, 3.63) is 53.1 Å². The zero-order valence-corrected chi connectivity index (χ0v) is 11.1. The number of Topliss-reactive ketones (excluding diaryl/α,β-unsaturated/α-hetero) is 1. The highest BCUT2D eigenvalue weighted by molar-refractivity contribution is 5.99. The summed E-state index contributed by atoms with van der Waals surface area (Å²) in [6.07, 6.45) is 0. The minimum atomic E-state index is -0.907. The normalized spacial score (nSPS) is 10.4. The number of carbonyl (C=O) groups is 1. The van der Waals surface area contributed by atoms with Crippen LogP contribution < -0.4 is 4.74 Å². The fourth-order valence-electron chi connectivity index (χ4n) is 1.80. The Morgan fingerprint density at radius 3 is 2.33 bits per heavy atom. The minimum absolute atomic E-state index is 0.110. The maximum atomic E-state index is 13.5. The molecule has 0 heterocycles. The van der Waals surface area contributed by atoms with Crippen molar-refractivity contribution in [3.63, 3.8) is 0 Å². The Bertz CT molecular complexity index is 675. The summed E-state index contributed by atoms with van der Waals surface area (Å²) in [7, 11) is 0. The van der Waals surface area contributed by atoms with Crippen LogP contribution in [0.15, 0.2) is 30.3 Å². The summed E-state index contributed by atoms with van der Waals surface area (Å²) < 4.78 is 31.9. The first kappa shape index (κ1) is 14.8. The standard InChI is InChI=1S/C15H12F2O4/c1-8-4-11(16)15(12(17)5-8)21-7-14(20)10-3-2-9(18)6-13(10)19/h2-6,18-19H,7H2,1H3. The molecule has 2 aromatic carbocycles. The summed E-state index contributed by atoms with van der Waals surface area (Å²) in [5, 5.41) is 18.6. The van der Waals surface area contributed by atoms with E-state index < -0.39 is 35.5 Å². The molecule has 21 heavy (non-hydrogen) atoms. The average molecular weight is 294 g/mol. The van der Waals surface area contributed by atoms with Crippen LogP contribution in [0.1, 0.15) is 15.9 Å². The number of aryl methyl sites for hydroxylation is 1. The molecule has 0 radical (unpaired) electrons. The number of rotatable bonds is 4. The minimum Gasteiger partial charge on any atom is -0.508 e. The van der Waals surface area contributed by atoms with E-state index in [1.165, 1.54) is 19.1 Å². The third-order valence-electron chi connectivity index (χ3n) is 2.77. The summed E-state index contributed by atoms with van der Waals surface area (Å²) in [6, 6.07) is 5.56. The lowest BCUT2D eigenvalue weighted by Crippen LogP contribution is -2.13. The molecule has 2 N–H and O–H groups in total. The highest BCUT2D eigenvalue weighted by Gasteiger charge is 2.16. The monoisotopic (exact) mass is 294 g/mol. The highest BCUT2D eigenvalue weighted by Crippen LogP contribution is 2.25. The van der Waals surface area contributed by atoms with Gasteiger partial charge in [-0.2, -0.15) is 0 Å². The van der Waals surface area contributed by atoms with Crippen molar-refractivity contribution < 1.29 is 28.5 Å². The van der Waals surface area contributed by atoms with Crippen molar-refractivity contribution in [3.8, 4) is 17.2 Å². The Hall–Kier alpha value is -2.63. The lowest BCUT2D eigenvalue weighted by molar-refractivity contribution is 0.0913. The van der Waals surface area contributed by atoms with E-state index in [0.717, 1.165) is 18.2 Å². The van der Waals surface area contributed by atoms with Crippen LogP contribution in [-0.4, -0.2) is 22.6 Å². The molecule has 0 saturated heterocycles. The number of ether oxygens (including phenoxy) is 1. The molecule has 0 aliphatic rings. The van der Waals surface area contributed by atoms with Crippen molar-refractivity contribution in [1.82, 2.24) is 0 Å². The number of hydrogen-bond acceptors (Lipinski definition) is 4. The number of benzene rings is 2. The van der Waals surface area contributed by atoms with E-state index in [1.807, 2.05) is 0 Å². The van der Waals surface area contributed by atoms with Crippen LogP contribution in [0, 0.1) is 18.6 Å². The van der Waals surface area contributed by atoms with E-state index in [4.69, 9.17) is 9.84 Å². The molecule has 2 aromatic rings. The summed E-state index contributed by atoms with van der Waals surface area (Å²) in [5.74, 6) is -3.78. The molecule has 6 heteroatoms. The van der Waals surface area contributed by atoms with Crippen LogP contribution >= 0.6 is 0 Å². The summed E-state index contributed by atoms with van der Waals surface area (Å²) >= 11 is 0. The maximum Gasteiger partial charge on any atom is 0.203 e. The van der Waals surface area contributed by atoms with Gasteiger partial charge >= 0.3 is 0 Å². The molecular weight excluding hydrogens is 282 g/mol. The van der Waals surface area contributed by atoms with Crippen LogP contribution in [-0.2, 0) is 0 Å². The van der Waals surface area contributed by atoms with Crippen molar-refractivity contribution in [2.45, 2.75) is 6.92 Å². The van der Waals surface area contributed by atoms with Crippen molar-refractivity contribution in [1.29, 1.82) is 0 Å². The van der Waals surface area contributed by atoms with Gasteiger partial charge in [-0.05, 0) is 36.8 Å². The summed E-state index contributed by atoms with van der Waals surface area (Å²) in [5.41, 5.74) is 0.278. The molecule has 0 bridgehead atoms. The predicted octanol–water partition coefficient (Wildman–Crippen LogP) is 2.95. The molecule has 0 aliphatic heterocycles. The summed E-state index contributed by atoms with van der Waals surface area (Å²) in [4.78, 5) is 11.8. The quantitative estimate of drug-likeness (QED) is 0.851. The molecule has 0 amide bonds. The van der Waals surface area contributed by atoms with E-state index in [1.54, 1.807) is 0 Å². The molecule has 110 valence electrons. The first-order valence-electron chi connectivity index (χ1n) is 6.02. The SMILES string of the molecule is Cc1cc(F)c(OCC(=O)c2ccc(O)cc2O)c(F)c1. The van der Waals surface area contributed by atoms with E-state index in [-0.39, 0.29) is 11.3 Å². The fraction of sp³-hybridized carbons (Fsp3) is 0.133. The van der Waals surface area contributed by atoms with Crippen LogP contribution in [0.5, 0.6) is 17.2 Å². The van der Waals surface area contributed by atoms with Gasteiger partial charge in [0.05, 0.1) is 5.56 Å². The Balaban J connectivity index is 2.15. The third kappa shape index (κ3) is 3.28. The second-order valence-corrected chi connectivity index (χ2v) is 4.47. The second kappa shape index (κ2) is 5.78. The molecule has 0 saturated carbocycles. The molecule has 4 nitrogen and oxygen atoms in total. The van der Waals surface area contributed by atoms with Crippen LogP contribution in [0.4, 0.5) is 8.78 Å². The third-order valence-corrected chi connectivity index (χ3v) is 2.77. The van der Waals surface area contributed by atoms with Crippen molar-refractivity contribution >= 4 is 5.78 Å². The van der Waals surface area contributed by atoms with Gasteiger partial charge in [0.2, 0.25) is 5.78 Å². The zero-order chi connectivity index (χ0) is 15.6. The maximum absolute atomic E-state index is 13.5. The largest absolute Gasteiger partial charge is 0.508 e. The molecule has 2 rings (SSSR count). The number of phenolic OH excluding ortho intramolecular Hbond substituents is 2. The van der Waals surface area contributed by atoms with Gasteiger partial charge in [0.15, 0.2) is 24.0 Å². The van der Waals surface area contributed by atoms with Gasteiger partial charge < -0.3 is 14.9 Å². The number of halogens is 2. The Morgan fingerprint density at radius 2 is 1.76 bits per heavy atom. The molecule has 0 spiro atoms. The molecule has 0 aromatic heterocycles. The predicted molar refractivity (Wildman–Crippen MR) is 70.7 cm³/mol. The molecule has 0 atom stereocenters. The lowest BCUT2D eigenvalue weighted by atomic mass is 10.1. The Kier molecular flexibility index (Phi) is 4.07.